The van der Waals surface area contributed by atoms with Gasteiger partial charge in [-0.05, 0) is 24.6 Å². The largest absolute Gasteiger partial charge is 0.367 e. The fourth-order valence-electron chi connectivity index (χ4n) is 3.73. The highest BCUT2D eigenvalue weighted by molar-refractivity contribution is 7.89. The quantitative estimate of drug-likeness (QED) is 0.616. The van der Waals surface area contributed by atoms with Crippen LogP contribution in [0.25, 0.3) is 10.9 Å². The highest BCUT2D eigenvalue weighted by Gasteiger charge is 2.34. The molecular weight excluding hydrogens is 440 g/mol. The predicted molar refractivity (Wildman–Crippen MR) is 116 cm³/mol. The molecule has 0 unspecified atom stereocenters. The molecule has 0 bridgehead atoms. The highest BCUT2D eigenvalue weighted by Crippen LogP contribution is 2.36. The summed E-state index contributed by atoms with van der Waals surface area (Å²) in [6.07, 6.45) is 2.00. The number of anilines is 2. The van der Waals surface area contributed by atoms with Crippen molar-refractivity contribution in [3.8, 4) is 0 Å². The van der Waals surface area contributed by atoms with E-state index in [1.54, 1.807) is 6.07 Å². The number of rotatable bonds is 4. The molecule has 0 aliphatic carbocycles. The minimum absolute atomic E-state index is 0.00907. The summed E-state index contributed by atoms with van der Waals surface area (Å²) in [6, 6.07) is 10.3. The van der Waals surface area contributed by atoms with E-state index in [1.807, 2.05) is 24.3 Å². The fraction of sp³-hybridized carbons (Fsp3) is 0.286. The molecule has 0 spiro atoms. The number of para-hydroxylation sites is 1. The molecule has 8 nitrogen and oxygen atoms in total. The van der Waals surface area contributed by atoms with Crippen molar-refractivity contribution >= 4 is 38.2 Å². The Labute approximate surface area is 183 Å². The number of sulfonamides is 1. The third kappa shape index (κ3) is 4.68. The Morgan fingerprint density at radius 1 is 1.12 bits per heavy atom. The molecule has 1 aliphatic heterocycles. The van der Waals surface area contributed by atoms with Gasteiger partial charge in [0.15, 0.2) is 5.03 Å². The van der Waals surface area contributed by atoms with Crippen LogP contribution in [-0.2, 0) is 10.0 Å². The zero-order chi connectivity index (χ0) is 22.9. The fourth-order valence-corrected chi connectivity index (χ4v) is 4.44. The topological polar surface area (TPSA) is 118 Å². The van der Waals surface area contributed by atoms with Gasteiger partial charge in [0.2, 0.25) is 5.92 Å². The standard InChI is InChI=1S/C21H21F2N5O3S/c22-21(23)7-3-10-28(11-8-21)18-17(6-9-25-20(18)32(24,30)31)27-19(29)15-12-14-4-1-2-5-16(14)26-13-15/h1-2,4-6,9,12-13H,3,7-8,10-11H2,(H2,24,30,31)(H,25,27,29). The normalized spacial score (nSPS) is 16.5. The van der Waals surface area contributed by atoms with E-state index in [-0.39, 0.29) is 42.9 Å². The summed E-state index contributed by atoms with van der Waals surface area (Å²) in [5, 5.41) is 8.30. The molecule has 3 N–H and O–H groups in total. The van der Waals surface area contributed by atoms with Gasteiger partial charge in [-0.25, -0.2) is 27.3 Å². The Bertz CT molecular complexity index is 1280. The Morgan fingerprint density at radius 3 is 2.69 bits per heavy atom. The minimum atomic E-state index is -4.28. The van der Waals surface area contributed by atoms with Crippen LogP contribution in [0.3, 0.4) is 0 Å². The summed E-state index contributed by atoms with van der Waals surface area (Å²) in [6.45, 7) is 0.0613. The lowest BCUT2D eigenvalue weighted by Gasteiger charge is -2.27. The van der Waals surface area contributed by atoms with Crippen LogP contribution in [0.5, 0.6) is 0 Å². The molecule has 2 aromatic heterocycles. The lowest BCUT2D eigenvalue weighted by atomic mass is 10.1. The van der Waals surface area contributed by atoms with Gasteiger partial charge in [0.1, 0.15) is 5.69 Å². The molecule has 1 saturated heterocycles. The lowest BCUT2D eigenvalue weighted by molar-refractivity contribution is -0.0102. The van der Waals surface area contributed by atoms with Gasteiger partial charge in [-0.2, -0.15) is 0 Å². The van der Waals surface area contributed by atoms with Crippen LogP contribution in [0.15, 0.2) is 53.8 Å². The summed E-state index contributed by atoms with van der Waals surface area (Å²) < 4.78 is 52.1. The smallest absolute Gasteiger partial charge is 0.257 e. The third-order valence-electron chi connectivity index (χ3n) is 5.30. The number of benzene rings is 1. The maximum atomic E-state index is 13.9. The number of amides is 1. The van der Waals surface area contributed by atoms with Crippen molar-refractivity contribution in [3.63, 3.8) is 0 Å². The number of pyridine rings is 2. The Hall–Kier alpha value is -3.18. The van der Waals surface area contributed by atoms with Gasteiger partial charge in [-0.15, -0.1) is 0 Å². The van der Waals surface area contributed by atoms with Crippen LogP contribution in [-0.4, -0.2) is 43.3 Å². The van der Waals surface area contributed by atoms with Crippen molar-refractivity contribution in [2.75, 3.05) is 23.3 Å². The zero-order valence-corrected chi connectivity index (χ0v) is 17.8. The summed E-state index contributed by atoms with van der Waals surface area (Å²) in [5.41, 5.74) is 1.10. The second-order valence-electron chi connectivity index (χ2n) is 7.62. The summed E-state index contributed by atoms with van der Waals surface area (Å²) in [5.74, 6) is -3.38. The molecule has 1 amide bonds. The number of aromatic nitrogens is 2. The molecule has 0 radical (unpaired) electrons. The van der Waals surface area contributed by atoms with E-state index in [9.17, 15) is 22.0 Å². The number of nitrogens with zero attached hydrogens (tertiary/aromatic N) is 3. The second-order valence-corrected chi connectivity index (χ2v) is 9.10. The van der Waals surface area contributed by atoms with Gasteiger partial charge in [0.05, 0.1) is 16.8 Å². The summed E-state index contributed by atoms with van der Waals surface area (Å²) in [7, 11) is -4.28. The molecular formula is C21H21F2N5O3S. The molecule has 1 aromatic carbocycles. The average molecular weight is 461 g/mol. The van der Waals surface area contributed by atoms with Gasteiger partial charge < -0.3 is 10.2 Å². The number of carbonyl (C=O) groups excluding carboxylic acids is 1. The second kappa shape index (κ2) is 8.40. The number of hydrogen-bond acceptors (Lipinski definition) is 6. The molecule has 1 fully saturated rings. The van der Waals surface area contributed by atoms with Crippen molar-refractivity contribution in [1.82, 2.24) is 9.97 Å². The first-order valence-corrected chi connectivity index (χ1v) is 11.5. The lowest BCUT2D eigenvalue weighted by Crippen LogP contribution is -2.30. The maximum absolute atomic E-state index is 13.9. The minimum Gasteiger partial charge on any atom is -0.367 e. The number of hydrogen-bond donors (Lipinski definition) is 2. The maximum Gasteiger partial charge on any atom is 0.257 e. The van der Waals surface area contributed by atoms with Crippen molar-refractivity contribution < 1.29 is 22.0 Å². The molecule has 0 saturated carbocycles. The molecule has 0 atom stereocenters. The van der Waals surface area contributed by atoms with Crippen LogP contribution >= 0.6 is 0 Å². The van der Waals surface area contributed by atoms with E-state index >= 15 is 0 Å². The highest BCUT2D eigenvalue weighted by atomic mass is 32.2. The molecule has 4 rings (SSSR count). The number of alkyl halides is 2. The number of carbonyl (C=O) groups is 1. The molecule has 3 heterocycles. The van der Waals surface area contributed by atoms with Crippen LogP contribution in [0.4, 0.5) is 20.2 Å². The van der Waals surface area contributed by atoms with Crippen molar-refractivity contribution in [2.45, 2.75) is 30.2 Å². The van der Waals surface area contributed by atoms with E-state index in [0.717, 1.165) is 10.9 Å². The number of primary sulfonamides is 1. The number of nitrogens with one attached hydrogen (secondary N) is 1. The molecule has 11 heteroatoms. The monoisotopic (exact) mass is 461 g/mol. The van der Waals surface area contributed by atoms with Crippen molar-refractivity contribution in [2.24, 2.45) is 5.14 Å². The van der Waals surface area contributed by atoms with E-state index in [4.69, 9.17) is 5.14 Å². The SMILES string of the molecule is NS(=O)(=O)c1nccc(NC(=O)c2cnc3ccccc3c2)c1N1CCCC(F)(F)CC1. The van der Waals surface area contributed by atoms with Crippen LogP contribution in [0.2, 0.25) is 0 Å². The van der Waals surface area contributed by atoms with Gasteiger partial charge in [-0.1, -0.05) is 18.2 Å². The zero-order valence-electron chi connectivity index (χ0n) is 17.0. The average Bonchev–Trinajstić information content (AvgIpc) is 2.93. The number of nitrogens with two attached hydrogens (primary N) is 1. The first-order valence-electron chi connectivity index (χ1n) is 9.95. The Balaban J connectivity index is 1.72. The van der Waals surface area contributed by atoms with Crippen molar-refractivity contribution in [3.05, 3.63) is 54.4 Å². The molecule has 1 aliphatic rings. The first-order chi connectivity index (χ1) is 15.1. The van der Waals surface area contributed by atoms with E-state index in [0.29, 0.717) is 0 Å². The summed E-state index contributed by atoms with van der Waals surface area (Å²) in [4.78, 5) is 22.5. The van der Waals surface area contributed by atoms with E-state index in [2.05, 4.69) is 15.3 Å². The molecule has 32 heavy (non-hydrogen) atoms. The van der Waals surface area contributed by atoms with E-state index < -0.39 is 33.3 Å². The van der Waals surface area contributed by atoms with Gasteiger partial charge in [0, 0.05) is 43.7 Å². The van der Waals surface area contributed by atoms with Gasteiger partial charge in [-0.3, -0.25) is 9.78 Å². The third-order valence-corrected chi connectivity index (χ3v) is 6.13. The summed E-state index contributed by atoms with van der Waals surface area (Å²) >= 11 is 0. The first kappa shape index (κ1) is 22.0. The Kier molecular flexibility index (Phi) is 5.78. The predicted octanol–water partition coefficient (Wildman–Crippen LogP) is 3.16. The Morgan fingerprint density at radius 2 is 1.91 bits per heavy atom. The van der Waals surface area contributed by atoms with Crippen molar-refractivity contribution in [1.29, 1.82) is 0 Å². The van der Waals surface area contributed by atoms with Gasteiger partial charge in [0.25, 0.3) is 15.9 Å². The number of halogens is 2. The van der Waals surface area contributed by atoms with Crippen LogP contribution in [0, 0.1) is 0 Å². The molecule has 3 aromatic rings. The van der Waals surface area contributed by atoms with E-state index in [1.165, 1.54) is 23.4 Å². The molecule has 168 valence electrons. The number of fused-ring (bicyclic) bond motifs is 1. The van der Waals surface area contributed by atoms with Crippen LogP contribution in [0.1, 0.15) is 29.6 Å². The van der Waals surface area contributed by atoms with Gasteiger partial charge >= 0.3 is 0 Å². The van der Waals surface area contributed by atoms with Crippen LogP contribution < -0.4 is 15.4 Å².